The van der Waals surface area contributed by atoms with Crippen molar-refractivity contribution in [2.24, 2.45) is 4.99 Å². The van der Waals surface area contributed by atoms with Crippen LogP contribution in [0.3, 0.4) is 0 Å². The van der Waals surface area contributed by atoms with E-state index in [1.165, 1.54) is 0 Å². The van der Waals surface area contributed by atoms with Gasteiger partial charge < -0.3 is 24.6 Å². The maximum Gasteiger partial charge on any atom is 0.276 e. The zero-order valence-electron chi connectivity index (χ0n) is 16.1. The normalized spacial score (nSPS) is 12.8. The van der Waals surface area contributed by atoms with Gasteiger partial charge in [0, 0.05) is 25.7 Å². The number of benzene rings is 1. The van der Waals surface area contributed by atoms with E-state index in [0.717, 1.165) is 29.6 Å². The minimum Gasteiger partial charge on any atom is -0.454 e. The van der Waals surface area contributed by atoms with Crippen LogP contribution in [0.1, 0.15) is 18.3 Å². The lowest BCUT2D eigenvalue weighted by atomic mass is 10.2. The molecule has 9 nitrogen and oxygen atoms in total. The number of fused-ring (bicyclic) bond motifs is 1. The fourth-order valence-corrected chi connectivity index (χ4v) is 2.79. The fraction of sp³-hybridized carbons (Fsp3) is 0.300. The molecular weight excluding hydrogens is 372 g/mol. The second kappa shape index (κ2) is 9.05. The number of pyridine rings is 1. The van der Waals surface area contributed by atoms with E-state index in [9.17, 15) is 0 Å². The molecular formula is C20H22N6O3. The first-order valence-corrected chi connectivity index (χ1v) is 9.46. The molecule has 0 unspecified atom stereocenters. The second-order valence-corrected chi connectivity index (χ2v) is 6.29. The Hall–Kier alpha value is -3.62. The molecule has 1 aromatic carbocycles. The molecule has 0 atom stereocenters. The number of hydrogen-bond donors (Lipinski definition) is 2. The number of nitrogens with zero attached hydrogens (tertiary/aromatic N) is 4. The quantitative estimate of drug-likeness (QED) is 0.464. The maximum atomic E-state index is 5.41. The van der Waals surface area contributed by atoms with E-state index < -0.39 is 0 Å². The van der Waals surface area contributed by atoms with Crippen molar-refractivity contribution in [2.75, 3.05) is 19.9 Å². The smallest absolute Gasteiger partial charge is 0.276 e. The highest BCUT2D eigenvalue weighted by Crippen LogP contribution is 2.32. The van der Waals surface area contributed by atoms with Gasteiger partial charge in [0.2, 0.25) is 6.79 Å². The van der Waals surface area contributed by atoms with Crippen LogP contribution in [0, 0.1) is 0 Å². The highest BCUT2D eigenvalue weighted by Gasteiger charge is 2.13. The average molecular weight is 394 g/mol. The van der Waals surface area contributed by atoms with Gasteiger partial charge in [0.15, 0.2) is 23.3 Å². The van der Waals surface area contributed by atoms with Crippen molar-refractivity contribution in [3.05, 3.63) is 54.0 Å². The average Bonchev–Trinajstić information content (AvgIpc) is 3.42. The zero-order valence-corrected chi connectivity index (χ0v) is 16.1. The third-order valence-corrected chi connectivity index (χ3v) is 4.19. The minimum atomic E-state index is 0.268. The molecule has 0 aliphatic carbocycles. The molecule has 3 heterocycles. The summed E-state index contributed by atoms with van der Waals surface area (Å²) in [4.78, 5) is 13.2. The van der Waals surface area contributed by atoms with E-state index in [1.807, 2.05) is 43.3 Å². The van der Waals surface area contributed by atoms with Crippen LogP contribution < -0.4 is 20.1 Å². The summed E-state index contributed by atoms with van der Waals surface area (Å²) in [6.07, 6.45) is 2.30. The van der Waals surface area contributed by atoms with Crippen molar-refractivity contribution in [3.8, 4) is 23.1 Å². The lowest BCUT2D eigenvalue weighted by Crippen LogP contribution is -2.38. The Morgan fingerprint density at radius 3 is 2.93 bits per heavy atom. The Morgan fingerprint density at radius 1 is 1.14 bits per heavy atom. The molecule has 0 saturated heterocycles. The highest BCUT2D eigenvalue weighted by atomic mass is 16.7. The van der Waals surface area contributed by atoms with Crippen LogP contribution in [0.15, 0.2) is 52.1 Å². The molecule has 0 amide bonds. The molecule has 2 N–H and O–H groups in total. The number of rotatable bonds is 7. The van der Waals surface area contributed by atoms with Gasteiger partial charge in [0.25, 0.3) is 5.89 Å². The predicted molar refractivity (Wildman–Crippen MR) is 107 cm³/mol. The highest BCUT2D eigenvalue weighted by molar-refractivity contribution is 5.79. The first kappa shape index (κ1) is 18.7. The molecule has 29 heavy (non-hydrogen) atoms. The summed E-state index contributed by atoms with van der Waals surface area (Å²) < 4.78 is 16.0. The third-order valence-electron chi connectivity index (χ3n) is 4.19. The Kier molecular flexibility index (Phi) is 5.84. The molecule has 3 aromatic rings. The number of nitrogens with one attached hydrogen (secondary N) is 2. The van der Waals surface area contributed by atoms with Gasteiger partial charge >= 0.3 is 0 Å². The fourth-order valence-electron chi connectivity index (χ4n) is 2.79. The van der Waals surface area contributed by atoms with Gasteiger partial charge in [-0.25, -0.2) is 4.99 Å². The van der Waals surface area contributed by atoms with E-state index in [0.29, 0.717) is 36.9 Å². The summed E-state index contributed by atoms with van der Waals surface area (Å²) in [7, 11) is 0. The van der Waals surface area contributed by atoms with E-state index in [-0.39, 0.29) is 6.79 Å². The molecule has 150 valence electrons. The van der Waals surface area contributed by atoms with Gasteiger partial charge in [-0.15, -0.1) is 0 Å². The van der Waals surface area contributed by atoms with Crippen LogP contribution in [-0.4, -0.2) is 41.0 Å². The molecule has 1 aliphatic rings. The molecule has 0 fully saturated rings. The zero-order chi connectivity index (χ0) is 19.9. The Bertz CT molecular complexity index is 973. The Balaban J connectivity index is 1.32. The molecule has 1 aliphatic heterocycles. The van der Waals surface area contributed by atoms with Gasteiger partial charge in [-0.1, -0.05) is 17.3 Å². The Labute approximate surface area is 168 Å². The largest absolute Gasteiger partial charge is 0.454 e. The topological polar surface area (TPSA) is 107 Å². The van der Waals surface area contributed by atoms with E-state index in [2.05, 4.69) is 30.8 Å². The molecule has 0 spiro atoms. The summed E-state index contributed by atoms with van der Waals surface area (Å²) in [5.41, 5.74) is 1.71. The number of aliphatic imine (C=N–C) groups is 1. The molecule has 0 saturated carbocycles. The lowest BCUT2D eigenvalue weighted by molar-refractivity contribution is 0.174. The van der Waals surface area contributed by atoms with Crippen molar-refractivity contribution in [1.29, 1.82) is 0 Å². The third kappa shape index (κ3) is 4.81. The number of guanidine groups is 1. The summed E-state index contributed by atoms with van der Waals surface area (Å²) >= 11 is 0. The van der Waals surface area contributed by atoms with Gasteiger partial charge in [0.1, 0.15) is 5.69 Å². The van der Waals surface area contributed by atoms with E-state index in [4.69, 9.17) is 14.0 Å². The standard InChI is InChI=1S/C20H22N6O3/c1-2-21-20(24-12-14-6-7-16-17(11-14)28-13-27-16)23-10-8-18-25-19(29-26-18)15-5-3-4-9-22-15/h3-7,9,11H,2,8,10,12-13H2,1H3,(H2,21,23,24). The first-order valence-electron chi connectivity index (χ1n) is 9.46. The van der Waals surface area contributed by atoms with Gasteiger partial charge in [-0.3, -0.25) is 4.98 Å². The summed E-state index contributed by atoms with van der Waals surface area (Å²) in [6.45, 7) is 4.20. The minimum absolute atomic E-state index is 0.268. The van der Waals surface area contributed by atoms with Gasteiger partial charge in [0.05, 0.1) is 6.54 Å². The molecule has 0 radical (unpaired) electrons. The summed E-state index contributed by atoms with van der Waals surface area (Å²) in [6, 6.07) is 11.4. The van der Waals surface area contributed by atoms with Crippen LogP contribution in [0.2, 0.25) is 0 Å². The first-order chi connectivity index (χ1) is 14.3. The van der Waals surface area contributed by atoms with Crippen LogP contribution in [0.5, 0.6) is 11.5 Å². The SMILES string of the molecule is CCNC(=NCc1ccc2c(c1)OCO2)NCCc1noc(-c2ccccn2)n1. The van der Waals surface area contributed by atoms with Crippen molar-refractivity contribution in [3.63, 3.8) is 0 Å². The summed E-state index contributed by atoms with van der Waals surface area (Å²) in [5.74, 6) is 3.29. The van der Waals surface area contributed by atoms with Crippen LogP contribution in [0.4, 0.5) is 0 Å². The lowest BCUT2D eigenvalue weighted by Gasteiger charge is -2.10. The Morgan fingerprint density at radius 2 is 2.07 bits per heavy atom. The van der Waals surface area contributed by atoms with Gasteiger partial charge in [-0.2, -0.15) is 4.98 Å². The van der Waals surface area contributed by atoms with Crippen LogP contribution in [-0.2, 0) is 13.0 Å². The van der Waals surface area contributed by atoms with Crippen molar-refractivity contribution in [1.82, 2.24) is 25.8 Å². The van der Waals surface area contributed by atoms with Crippen molar-refractivity contribution < 1.29 is 14.0 Å². The molecule has 2 aromatic heterocycles. The van der Waals surface area contributed by atoms with Gasteiger partial charge in [-0.05, 0) is 36.8 Å². The van der Waals surface area contributed by atoms with Crippen molar-refractivity contribution in [2.45, 2.75) is 19.9 Å². The van der Waals surface area contributed by atoms with Crippen molar-refractivity contribution >= 4 is 5.96 Å². The number of hydrogen-bond acceptors (Lipinski definition) is 7. The van der Waals surface area contributed by atoms with E-state index in [1.54, 1.807) is 6.20 Å². The van der Waals surface area contributed by atoms with E-state index >= 15 is 0 Å². The molecule has 4 rings (SSSR count). The molecule has 0 bridgehead atoms. The maximum absolute atomic E-state index is 5.41. The van der Waals surface area contributed by atoms with Crippen LogP contribution in [0.25, 0.3) is 11.6 Å². The summed E-state index contributed by atoms with van der Waals surface area (Å²) in [5, 5.41) is 10.5. The number of ether oxygens (including phenoxy) is 2. The molecule has 9 heteroatoms. The second-order valence-electron chi connectivity index (χ2n) is 6.29. The number of aromatic nitrogens is 3. The monoisotopic (exact) mass is 394 g/mol. The van der Waals surface area contributed by atoms with Crippen LogP contribution >= 0.6 is 0 Å². The predicted octanol–water partition coefficient (Wildman–Crippen LogP) is 2.16.